The van der Waals surface area contributed by atoms with Crippen LogP contribution in [-0.2, 0) is 9.59 Å². The minimum Gasteiger partial charge on any atom is -0.392 e. The third-order valence-electron chi connectivity index (χ3n) is 2.74. The number of anilines is 1. The fraction of sp³-hybridized carbons (Fsp3) is 0.250. The topological polar surface area (TPSA) is 66.6 Å². The Bertz CT molecular complexity index is 532. The molecule has 0 aliphatic carbocycles. The zero-order valence-corrected chi connectivity index (χ0v) is 10.8. The molecule has 0 radical (unpaired) electrons. The highest BCUT2D eigenvalue weighted by atomic mass is 32.1. The first-order chi connectivity index (χ1) is 8.97. The smallest absolute Gasteiger partial charge is 0.249 e. The maximum atomic E-state index is 13.1. The van der Waals surface area contributed by atoms with Crippen LogP contribution in [0.2, 0.25) is 0 Å². The Balaban J connectivity index is 2.15. The van der Waals surface area contributed by atoms with E-state index in [1.54, 1.807) is 6.07 Å². The molecule has 5 nitrogen and oxygen atoms in total. The van der Waals surface area contributed by atoms with Gasteiger partial charge in [-0.05, 0) is 18.2 Å². The van der Waals surface area contributed by atoms with Gasteiger partial charge >= 0.3 is 0 Å². The van der Waals surface area contributed by atoms with Crippen molar-refractivity contribution in [2.45, 2.75) is 0 Å². The fourth-order valence-corrected chi connectivity index (χ4v) is 2.01. The molecule has 0 unspecified atom stereocenters. The molecule has 1 aromatic rings. The van der Waals surface area contributed by atoms with E-state index in [1.165, 1.54) is 23.1 Å². The Kier molecular flexibility index (Phi) is 3.75. The molecular formula is C12H12FN3O2S. The largest absolute Gasteiger partial charge is 0.392 e. The van der Waals surface area contributed by atoms with Crippen molar-refractivity contribution >= 4 is 34.7 Å². The number of nitrogens with zero attached hydrogens (tertiary/aromatic N) is 2. The number of carbonyl (C=O) groups is 2. The molecule has 0 saturated carbocycles. The van der Waals surface area contributed by atoms with Crippen molar-refractivity contribution in [3.8, 4) is 0 Å². The Hall–Kier alpha value is -2.02. The minimum atomic E-state index is -0.414. The molecule has 1 saturated heterocycles. The van der Waals surface area contributed by atoms with Gasteiger partial charge in [0.25, 0.3) is 0 Å². The molecule has 0 aromatic heterocycles. The number of benzene rings is 1. The van der Waals surface area contributed by atoms with Gasteiger partial charge in [0.2, 0.25) is 11.8 Å². The molecule has 0 bridgehead atoms. The van der Waals surface area contributed by atoms with Crippen molar-refractivity contribution in [2.75, 3.05) is 24.5 Å². The molecule has 7 heteroatoms. The zero-order valence-electron chi connectivity index (χ0n) is 10.0. The SMILES string of the molecule is NC(=S)CN1C(=O)CN(c2cccc(F)c2)CC1=O. The first-order valence-corrected chi connectivity index (χ1v) is 6.00. The molecule has 1 fully saturated rings. The van der Waals surface area contributed by atoms with E-state index in [0.29, 0.717) is 5.69 Å². The lowest BCUT2D eigenvalue weighted by Crippen LogP contribution is -2.55. The Morgan fingerprint density at radius 3 is 2.47 bits per heavy atom. The number of thiocarbonyl (C=S) groups is 1. The van der Waals surface area contributed by atoms with E-state index in [4.69, 9.17) is 18.0 Å². The standard InChI is InChI=1S/C12H12FN3O2S/c13-8-2-1-3-9(4-8)15-6-11(17)16(5-10(14)19)12(18)7-15/h1-4H,5-7H2,(H2,14,19). The molecule has 1 aliphatic heterocycles. The van der Waals surface area contributed by atoms with Crippen molar-refractivity contribution in [3.63, 3.8) is 0 Å². The molecule has 1 aliphatic rings. The number of nitrogens with two attached hydrogens (primary N) is 1. The van der Waals surface area contributed by atoms with E-state index < -0.39 is 17.6 Å². The summed E-state index contributed by atoms with van der Waals surface area (Å²) in [5, 5.41) is 0. The van der Waals surface area contributed by atoms with E-state index in [2.05, 4.69) is 0 Å². The first kappa shape index (κ1) is 13.4. The van der Waals surface area contributed by atoms with Gasteiger partial charge in [-0.25, -0.2) is 4.39 Å². The minimum absolute atomic E-state index is 0.00218. The third-order valence-corrected chi connectivity index (χ3v) is 2.87. The van der Waals surface area contributed by atoms with Crippen LogP contribution in [0.25, 0.3) is 0 Å². The van der Waals surface area contributed by atoms with Gasteiger partial charge in [-0.15, -0.1) is 0 Å². The van der Waals surface area contributed by atoms with Crippen molar-refractivity contribution < 1.29 is 14.0 Å². The lowest BCUT2D eigenvalue weighted by atomic mass is 10.2. The number of piperazine rings is 1. The molecule has 0 spiro atoms. The summed E-state index contributed by atoms with van der Waals surface area (Å²) in [5.74, 6) is -1.20. The highest BCUT2D eigenvalue weighted by molar-refractivity contribution is 7.80. The average Bonchev–Trinajstić information content (AvgIpc) is 2.33. The molecule has 2 N–H and O–H groups in total. The predicted octanol–water partition coefficient (Wildman–Crippen LogP) is 0.287. The monoisotopic (exact) mass is 281 g/mol. The van der Waals surface area contributed by atoms with Crippen molar-refractivity contribution in [1.82, 2.24) is 4.90 Å². The van der Waals surface area contributed by atoms with E-state index in [-0.39, 0.29) is 24.6 Å². The van der Waals surface area contributed by atoms with Crippen LogP contribution in [0.15, 0.2) is 24.3 Å². The molecule has 1 heterocycles. The number of imide groups is 1. The molecule has 19 heavy (non-hydrogen) atoms. The Morgan fingerprint density at radius 1 is 1.32 bits per heavy atom. The number of halogens is 1. The maximum Gasteiger partial charge on any atom is 0.249 e. The summed E-state index contributed by atoms with van der Waals surface area (Å²) in [7, 11) is 0. The van der Waals surface area contributed by atoms with Crippen LogP contribution in [-0.4, -0.2) is 41.3 Å². The van der Waals surface area contributed by atoms with Crippen LogP contribution in [0.1, 0.15) is 0 Å². The van der Waals surface area contributed by atoms with Gasteiger partial charge in [-0.2, -0.15) is 0 Å². The summed E-state index contributed by atoms with van der Waals surface area (Å²) < 4.78 is 13.1. The lowest BCUT2D eigenvalue weighted by molar-refractivity contribution is -0.144. The quantitative estimate of drug-likeness (QED) is 0.637. The molecular weight excluding hydrogens is 269 g/mol. The Morgan fingerprint density at radius 2 is 1.95 bits per heavy atom. The first-order valence-electron chi connectivity index (χ1n) is 5.59. The summed E-state index contributed by atoms with van der Waals surface area (Å²) in [6.45, 7) is -0.0559. The summed E-state index contributed by atoms with van der Waals surface area (Å²) >= 11 is 4.69. The summed E-state index contributed by atoms with van der Waals surface area (Å²) in [5.41, 5.74) is 5.83. The molecule has 2 amide bonds. The summed E-state index contributed by atoms with van der Waals surface area (Å²) in [4.78, 5) is 26.4. The van der Waals surface area contributed by atoms with Crippen molar-refractivity contribution in [2.24, 2.45) is 5.73 Å². The van der Waals surface area contributed by atoms with Gasteiger partial charge in [0.15, 0.2) is 0 Å². The van der Waals surface area contributed by atoms with Crippen molar-refractivity contribution in [1.29, 1.82) is 0 Å². The lowest BCUT2D eigenvalue weighted by Gasteiger charge is -2.33. The number of hydrogen-bond acceptors (Lipinski definition) is 4. The van der Waals surface area contributed by atoms with E-state index in [1.807, 2.05) is 0 Å². The maximum absolute atomic E-state index is 13.1. The molecule has 0 atom stereocenters. The zero-order chi connectivity index (χ0) is 14.0. The van der Waals surface area contributed by atoms with E-state index in [9.17, 15) is 14.0 Å². The molecule has 100 valence electrons. The fourth-order valence-electron chi connectivity index (χ4n) is 1.88. The Labute approximate surface area is 114 Å². The van der Waals surface area contributed by atoms with Gasteiger partial charge in [-0.3, -0.25) is 14.5 Å². The van der Waals surface area contributed by atoms with Gasteiger partial charge in [0, 0.05) is 5.69 Å². The van der Waals surface area contributed by atoms with Gasteiger partial charge < -0.3 is 10.6 Å². The second-order valence-electron chi connectivity index (χ2n) is 4.18. The normalized spacial score (nSPS) is 15.8. The van der Waals surface area contributed by atoms with Crippen LogP contribution >= 0.6 is 12.2 Å². The van der Waals surface area contributed by atoms with E-state index in [0.717, 1.165) is 4.90 Å². The van der Waals surface area contributed by atoms with Gasteiger partial charge in [0.05, 0.1) is 24.6 Å². The van der Waals surface area contributed by atoms with Crippen LogP contribution < -0.4 is 10.6 Å². The number of rotatable bonds is 3. The number of carbonyl (C=O) groups excluding carboxylic acids is 2. The highest BCUT2D eigenvalue weighted by Crippen LogP contribution is 2.18. The van der Waals surface area contributed by atoms with Gasteiger partial charge in [0.1, 0.15) is 5.82 Å². The van der Waals surface area contributed by atoms with Crippen LogP contribution in [0.5, 0.6) is 0 Å². The van der Waals surface area contributed by atoms with Crippen LogP contribution in [0.4, 0.5) is 10.1 Å². The molecule has 1 aromatic carbocycles. The second-order valence-corrected chi connectivity index (χ2v) is 4.70. The second kappa shape index (κ2) is 5.31. The summed E-state index contributed by atoms with van der Waals surface area (Å²) in [6.07, 6.45) is 0. The highest BCUT2D eigenvalue weighted by Gasteiger charge is 2.31. The number of hydrogen-bond donors (Lipinski definition) is 1. The van der Waals surface area contributed by atoms with Gasteiger partial charge in [-0.1, -0.05) is 18.3 Å². The van der Waals surface area contributed by atoms with E-state index >= 15 is 0 Å². The number of amides is 2. The average molecular weight is 281 g/mol. The van der Waals surface area contributed by atoms with Crippen LogP contribution in [0.3, 0.4) is 0 Å². The molecule has 2 rings (SSSR count). The predicted molar refractivity (Wildman–Crippen MR) is 72.1 cm³/mol. The summed E-state index contributed by atoms with van der Waals surface area (Å²) in [6, 6.07) is 5.76. The van der Waals surface area contributed by atoms with Crippen LogP contribution in [0, 0.1) is 5.82 Å². The third kappa shape index (κ3) is 3.05. The van der Waals surface area contributed by atoms with Crippen molar-refractivity contribution in [3.05, 3.63) is 30.1 Å².